The Morgan fingerprint density at radius 3 is 2.67 bits per heavy atom. The summed E-state index contributed by atoms with van der Waals surface area (Å²) < 4.78 is 5.51. The van der Waals surface area contributed by atoms with Crippen molar-refractivity contribution >= 4 is 33.5 Å². The molecule has 1 atom stereocenters. The van der Waals surface area contributed by atoms with Crippen LogP contribution in [0.5, 0.6) is 0 Å². The highest BCUT2D eigenvalue weighted by Gasteiger charge is 2.32. The topological polar surface area (TPSA) is 87.6 Å². The van der Waals surface area contributed by atoms with Gasteiger partial charge < -0.3 is 20.1 Å². The number of ether oxygens (including phenoxy) is 1. The molecule has 164 valence electrons. The molecule has 0 radical (unpaired) electrons. The van der Waals surface area contributed by atoms with Crippen LogP contribution in [-0.2, 0) is 11.2 Å². The molecule has 2 N–H and O–H groups in total. The van der Waals surface area contributed by atoms with Crippen molar-refractivity contribution in [2.45, 2.75) is 82.9 Å². The van der Waals surface area contributed by atoms with Crippen LogP contribution in [-0.4, -0.2) is 57.4 Å². The van der Waals surface area contributed by atoms with Gasteiger partial charge in [0.05, 0.1) is 12.0 Å². The van der Waals surface area contributed by atoms with E-state index in [-0.39, 0.29) is 24.7 Å². The van der Waals surface area contributed by atoms with Crippen molar-refractivity contribution < 1.29 is 14.6 Å². The van der Waals surface area contributed by atoms with Crippen LogP contribution in [0, 0.1) is 0 Å². The van der Waals surface area contributed by atoms with Gasteiger partial charge in [-0.2, -0.15) is 0 Å². The Labute approximate surface area is 181 Å². The van der Waals surface area contributed by atoms with Gasteiger partial charge in [-0.3, -0.25) is 0 Å². The number of carbonyl (C=O) groups excluding carboxylic acids is 1. The first kappa shape index (κ1) is 21.3. The molecule has 8 heteroatoms. The Hall–Kier alpha value is -1.93. The van der Waals surface area contributed by atoms with Gasteiger partial charge in [0, 0.05) is 29.9 Å². The van der Waals surface area contributed by atoms with Crippen LogP contribution in [0.4, 0.5) is 10.6 Å². The molecular weight excluding hydrogens is 400 g/mol. The van der Waals surface area contributed by atoms with Gasteiger partial charge in [0.15, 0.2) is 0 Å². The second kappa shape index (κ2) is 8.30. The van der Waals surface area contributed by atoms with Crippen molar-refractivity contribution in [3.8, 4) is 0 Å². The summed E-state index contributed by atoms with van der Waals surface area (Å²) in [6.45, 7) is 5.86. The van der Waals surface area contributed by atoms with Crippen molar-refractivity contribution in [1.82, 2.24) is 14.9 Å². The molecule has 0 spiro atoms. The maximum Gasteiger partial charge on any atom is 0.410 e. The highest BCUT2D eigenvalue weighted by atomic mass is 32.1. The molecule has 2 aliphatic carbocycles. The first-order valence-corrected chi connectivity index (χ1v) is 11.7. The first-order chi connectivity index (χ1) is 14.3. The highest BCUT2D eigenvalue weighted by molar-refractivity contribution is 7.19. The summed E-state index contributed by atoms with van der Waals surface area (Å²) >= 11 is 1.73. The van der Waals surface area contributed by atoms with Crippen LogP contribution in [0.25, 0.3) is 10.2 Å². The number of aromatic nitrogens is 2. The van der Waals surface area contributed by atoms with Gasteiger partial charge in [0.1, 0.15) is 22.6 Å². The highest BCUT2D eigenvalue weighted by Crippen LogP contribution is 2.45. The van der Waals surface area contributed by atoms with Crippen LogP contribution in [0.3, 0.4) is 0 Å². The molecule has 2 aromatic heterocycles. The van der Waals surface area contributed by atoms with E-state index in [0.717, 1.165) is 54.6 Å². The second-order valence-electron chi connectivity index (χ2n) is 9.50. The van der Waals surface area contributed by atoms with Crippen molar-refractivity contribution in [2.75, 3.05) is 19.0 Å². The molecule has 4 rings (SSSR count). The molecule has 2 heterocycles. The number of rotatable bonds is 4. The number of amides is 1. The van der Waals surface area contributed by atoms with Gasteiger partial charge >= 0.3 is 6.09 Å². The summed E-state index contributed by atoms with van der Waals surface area (Å²) in [5.41, 5.74) is 0.773. The van der Waals surface area contributed by atoms with Crippen LogP contribution in [0.15, 0.2) is 6.33 Å². The van der Waals surface area contributed by atoms with Gasteiger partial charge in [-0.1, -0.05) is 0 Å². The van der Waals surface area contributed by atoms with E-state index in [1.165, 1.54) is 10.4 Å². The minimum Gasteiger partial charge on any atom is -0.444 e. The zero-order valence-electron chi connectivity index (χ0n) is 18.3. The molecule has 1 fully saturated rings. The molecule has 30 heavy (non-hydrogen) atoms. The van der Waals surface area contributed by atoms with E-state index < -0.39 is 5.60 Å². The van der Waals surface area contributed by atoms with Crippen LogP contribution in [0.1, 0.15) is 69.2 Å². The van der Waals surface area contributed by atoms with Gasteiger partial charge in [0.2, 0.25) is 0 Å². The summed E-state index contributed by atoms with van der Waals surface area (Å²) in [5, 5.41) is 14.6. The van der Waals surface area contributed by atoms with Gasteiger partial charge in [-0.15, -0.1) is 11.3 Å². The Morgan fingerprint density at radius 1 is 1.27 bits per heavy atom. The van der Waals surface area contributed by atoms with Gasteiger partial charge in [0.25, 0.3) is 0 Å². The zero-order chi connectivity index (χ0) is 21.5. The van der Waals surface area contributed by atoms with Crippen LogP contribution < -0.4 is 5.32 Å². The normalized spacial score (nSPS) is 24.0. The third-order valence-corrected chi connectivity index (χ3v) is 7.39. The van der Waals surface area contributed by atoms with E-state index in [1.807, 2.05) is 27.8 Å². The summed E-state index contributed by atoms with van der Waals surface area (Å²) in [5.74, 6) is 1.08. The molecule has 0 aliphatic heterocycles. The minimum atomic E-state index is -0.476. The average Bonchev–Trinajstić information content (AvgIpc) is 3.26. The molecule has 1 amide bonds. The number of nitrogens with one attached hydrogen (secondary N) is 1. The molecule has 1 saturated carbocycles. The number of hydrogen-bond donors (Lipinski definition) is 2. The summed E-state index contributed by atoms with van der Waals surface area (Å²) in [6, 6.07) is 0.517. The number of aliphatic hydroxyl groups excluding tert-OH is 1. The lowest BCUT2D eigenvalue weighted by molar-refractivity contribution is 0.0185. The largest absolute Gasteiger partial charge is 0.444 e. The van der Waals surface area contributed by atoms with Crippen molar-refractivity contribution in [3.63, 3.8) is 0 Å². The number of fused-ring (bicyclic) bond motifs is 3. The fourth-order valence-corrected chi connectivity index (χ4v) is 5.88. The fraction of sp³-hybridized carbons (Fsp3) is 0.682. The Kier molecular flexibility index (Phi) is 5.90. The second-order valence-corrected chi connectivity index (χ2v) is 10.6. The molecule has 0 saturated heterocycles. The van der Waals surface area contributed by atoms with Crippen molar-refractivity contribution in [2.24, 2.45) is 0 Å². The molecular formula is C22H32N4O3S. The smallest absolute Gasteiger partial charge is 0.410 e. The predicted octanol–water partition coefficient (Wildman–Crippen LogP) is 4.30. The monoisotopic (exact) mass is 432 g/mol. The van der Waals surface area contributed by atoms with Crippen LogP contribution in [0.2, 0.25) is 0 Å². The van der Waals surface area contributed by atoms with E-state index >= 15 is 0 Å². The number of anilines is 1. The Morgan fingerprint density at radius 2 is 2.00 bits per heavy atom. The molecule has 0 bridgehead atoms. The number of aliphatic hydroxyl groups is 1. The number of thiophene rings is 1. The quantitative estimate of drug-likeness (QED) is 0.749. The van der Waals surface area contributed by atoms with E-state index in [1.54, 1.807) is 22.6 Å². The average molecular weight is 433 g/mol. The summed E-state index contributed by atoms with van der Waals surface area (Å²) in [7, 11) is 1.84. The lowest BCUT2D eigenvalue weighted by Crippen LogP contribution is -2.43. The molecule has 2 aromatic rings. The van der Waals surface area contributed by atoms with E-state index in [0.29, 0.717) is 6.04 Å². The third-order valence-electron chi connectivity index (χ3n) is 6.22. The lowest BCUT2D eigenvalue weighted by atomic mass is 9.90. The Balaban J connectivity index is 1.43. The van der Waals surface area contributed by atoms with Gasteiger partial charge in [-0.25, -0.2) is 14.8 Å². The van der Waals surface area contributed by atoms with Crippen molar-refractivity contribution in [3.05, 3.63) is 16.8 Å². The summed E-state index contributed by atoms with van der Waals surface area (Å²) in [6.07, 6.45) is 7.21. The lowest BCUT2D eigenvalue weighted by Gasteiger charge is -2.36. The molecule has 2 aliphatic rings. The predicted molar refractivity (Wildman–Crippen MR) is 119 cm³/mol. The zero-order valence-corrected chi connectivity index (χ0v) is 19.1. The van der Waals surface area contributed by atoms with E-state index in [2.05, 4.69) is 15.3 Å². The van der Waals surface area contributed by atoms with Crippen molar-refractivity contribution in [1.29, 1.82) is 0 Å². The number of hydrogen-bond acceptors (Lipinski definition) is 7. The SMILES string of the molecule is CN(C(=O)OC(C)(C)C)C1CCC(Nc2ncnc3sc4c(c23)C(CO)CC4)CC1. The Bertz CT molecular complexity index is 915. The summed E-state index contributed by atoms with van der Waals surface area (Å²) in [4.78, 5) is 25.5. The van der Waals surface area contributed by atoms with E-state index in [9.17, 15) is 9.90 Å². The number of nitrogens with zero attached hydrogens (tertiary/aromatic N) is 3. The molecule has 1 unspecified atom stereocenters. The first-order valence-electron chi connectivity index (χ1n) is 10.9. The molecule has 0 aromatic carbocycles. The fourth-order valence-electron chi connectivity index (χ4n) is 4.64. The molecule has 7 nitrogen and oxygen atoms in total. The minimum absolute atomic E-state index is 0.176. The number of carbonyl (C=O) groups is 1. The maximum absolute atomic E-state index is 12.4. The van der Waals surface area contributed by atoms with Crippen LogP contribution >= 0.6 is 11.3 Å². The number of aryl methyl sites for hydroxylation is 1. The van der Waals surface area contributed by atoms with Gasteiger partial charge in [-0.05, 0) is 64.9 Å². The third kappa shape index (κ3) is 4.25. The standard InChI is InChI=1S/C22H32N4O3S/c1-22(2,3)29-21(28)26(4)15-8-6-14(7-9-15)25-19-18-17-13(11-27)5-10-16(17)30-20(18)24-12-23-19/h12-15,27H,5-11H2,1-4H3,(H,23,24,25). The van der Waals surface area contributed by atoms with E-state index in [4.69, 9.17) is 4.74 Å². The maximum atomic E-state index is 12.4.